The van der Waals surface area contributed by atoms with Gasteiger partial charge in [0.05, 0.1) is 40.6 Å². The van der Waals surface area contributed by atoms with Crippen LogP contribution in [0.2, 0.25) is 0 Å². The van der Waals surface area contributed by atoms with Gasteiger partial charge >= 0.3 is 5.97 Å². The van der Waals surface area contributed by atoms with Crippen molar-refractivity contribution in [3.8, 4) is 34.5 Å². The van der Waals surface area contributed by atoms with E-state index < -0.39 is 23.7 Å². The van der Waals surface area contributed by atoms with Crippen molar-refractivity contribution in [3.63, 3.8) is 0 Å². The lowest BCUT2D eigenvalue weighted by molar-refractivity contribution is -0.122. The van der Waals surface area contributed by atoms with Crippen LogP contribution in [-0.4, -0.2) is 67.4 Å². The molecule has 0 saturated heterocycles. The van der Waals surface area contributed by atoms with Crippen molar-refractivity contribution in [3.05, 3.63) is 76.0 Å². The largest absolute Gasteiger partial charge is 0.507 e. The molecule has 0 radical (unpaired) electrons. The van der Waals surface area contributed by atoms with Crippen LogP contribution in [0.3, 0.4) is 0 Å². The zero-order valence-electron chi connectivity index (χ0n) is 32.1. The van der Waals surface area contributed by atoms with Crippen LogP contribution in [0.4, 0.5) is 0 Å². The van der Waals surface area contributed by atoms with Gasteiger partial charge in [0.25, 0.3) is 0 Å². The Hall–Kier alpha value is -5.65. The smallest absolute Gasteiger partial charge is 0.342 e. The number of aromatic hydroxyl groups is 2. The van der Waals surface area contributed by atoms with Gasteiger partial charge in [-0.15, -0.1) is 0 Å². The van der Waals surface area contributed by atoms with Gasteiger partial charge < -0.3 is 44.2 Å². The Morgan fingerprint density at radius 2 is 1.65 bits per heavy atom. The Morgan fingerprint density at radius 3 is 2.36 bits per heavy atom. The van der Waals surface area contributed by atoms with Gasteiger partial charge in [0.2, 0.25) is 11.7 Å². The molecular formula is C43H50N2O10. The molecular weight excluding hydrogens is 704 g/mol. The SMILES string of the molecule is COc1ccc2[nH]c3c(c2c1)CCCC3NC(=O)CC(c1cc(OC)c(OC)c(OC)c1)c1c(O)cc2c(c1O)C(=O)O[C@@H](C)CCCC(=O)CCCC=C2. The standard InChI is InChI=1S/C43H50N2O10/c1-24-11-9-14-27(46)13-8-6-7-12-25-19-34(47)39(41(49)38(25)43(50)55-24)30(26-20-35(52-3)42(54-5)36(21-26)53-4)23-37(48)44-33-16-10-15-29-31-22-28(51-2)17-18-32(31)45-40(29)33/h7,12,17-22,24,30,33,45,47,49H,6,8-11,13-16,23H2,1-5H3,(H,44,48)/t24-,30?,33?/m0/s1. The molecule has 0 spiro atoms. The number of aryl methyl sites for hydroxylation is 1. The van der Waals surface area contributed by atoms with Crippen LogP contribution in [0, 0.1) is 0 Å². The molecule has 1 aromatic heterocycles. The Kier molecular flexibility index (Phi) is 12.2. The summed E-state index contributed by atoms with van der Waals surface area (Å²) in [5, 5.41) is 28.1. The van der Waals surface area contributed by atoms with Gasteiger partial charge in [-0.25, -0.2) is 4.79 Å². The number of methoxy groups -OCH3 is 4. The second kappa shape index (κ2) is 17.2. The second-order valence-electron chi connectivity index (χ2n) is 14.2. The molecule has 0 fully saturated rings. The van der Waals surface area contributed by atoms with Crippen LogP contribution in [0.1, 0.15) is 115 Å². The summed E-state index contributed by atoms with van der Waals surface area (Å²) in [6, 6.07) is 10.3. The maximum atomic E-state index is 14.3. The Balaban J connectivity index is 1.43. The number of H-pyrrole nitrogens is 1. The molecule has 3 atom stereocenters. The van der Waals surface area contributed by atoms with Crippen molar-refractivity contribution in [2.24, 2.45) is 0 Å². The number of aromatic amines is 1. The zero-order valence-corrected chi connectivity index (χ0v) is 32.1. The third-order valence-corrected chi connectivity index (χ3v) is 10.6. The minimum absolute atomic E-state index is 0.0325. The fraction of sp³-hybridized carbons (Fsp3) is 0.419. The number of benzene rings is 3. The highest BCUT2D eigenvalue weighted by molar-refractivity contribution is 5.98. The van der Waals surface area contributed by atoms with Crippen molar-refractivity contribution in [2.45, 2.75) is 89.2 Å². The summed E-state index contributed by atoms with van der Waals surface area (Å²) < 4.78 is 28.1. The van der Waals surface area contributed by atoms with Crippen molar-refractivity contribution in [1.29, 1.82) is 0 Å². The highest BCUT2D eigenvalue weighted by atomic mass is 16.5. The summed E-state index contributed by atoms with van der Waals surface area (Å²) in [5.41, 5.74) is 3.54. The monoisotopic (exact) mass is 754 g/mol. The highest BCUT2D eigenvalue weighted by Crippen LogP contribution is 2.48. The van der Waals surface area contributed by atoms with Crippen LogP contribution in [-0.2, 0) is 20.7 Å². The molecule has 2 aliphatic rings. The van der Waals surface area contributed by atoms with E-state index in [1.165, 1.54) is 27.4 Å². The number of carbonyl (C=O) groups is 3. The molecule has 3 aromatic carbocycles. The lowest BCUT2D eigenvalue weighted by Gasteiger charge is -2.27. The molecule has 55 heavy (non-hydrogen) atoms. The summed E-state index contributed by atoms with van der Waals surface area (Å²) in [7, 11) is 6.05. The van der Waals surface area contributed by atoms with Crippen LogP contribution in [0.15, 0.2) is 42.5 Å². The summed E-state index contributed by atoms with van der Waals surface area (Å²) in [6.07, 6.45) is 8.15. The Morgan fingerprint density at radius 1 is 0.927 bits per heavy atom. The maximum Gasteiger partial charge on any atom is 0.342 e. The molecule has 0 bridgehead atoms. The van der Waals surface area contributed by atoms with Crippen molar-refractivity contribution in [1.82, 2.24) is 10.3 Å². The van der Waals surface area contributed by atoms with E-state index in [9.17, 15) is 24.6 Å². The van der Waals surface area contributed by atoms with E-state index in [2.05, 4.69) is 10.3 Å². The number of ether oxygens (including phenoxy) is 5. The molecule has 1 aliphatic carbocycles. The third-order valence-electron chi connectivity index (χ3n) is 10.6. The minimum Gasteiger partial charge on any atom is -0.507 e. The number of nitrogens with one attached hydrogen (secondary N) is 2. The molecule has 2 unspecified atom stereocenters. The lowest BCUT2D eigenvalue weighted by Crippen LogP contribution is -2.32. The van der Waals surface area contributed by atoms with Crippen LogP contribution in [0.25, 0.3) is 17.0 Å². The first-order valence-corrected chi connectivity index (χ1v) is 18.8. The summed E-state index contributed by atoms with van der Waals surface area (Å²) in [5.74, 6) is -1.12. The number of hydrogen-bond acceptors (Lipinski definition) is 10. The molecule has 292 valence electrons. The Bertz CT molecular complexity index is 2080. The third kappa shape index (κ3) is 8.38. The number of cyclic esters (lactones) is 1. The number of carbonyl (C=O) groups excluding carboxylic acids is 3. The average molecular weight is 755 g/mol. The molecule has 4 N–H and O–H groups in total. The van der Waals surface area contributed by atoms with Gasteiger partial charge in [-0.05, 0) is 105 Å². The first-order chi connectivity index (χ1) is 26.6. The molecule has 4 aromatic rings. The predicted octanol–water partition coefficient (Wildman–Crippen LogP) is 7.81. The molecule has 1 amide bonds. The molecule has 2 heterocycles. The van der Waals surface area contributed by atoms with E-state index in [1.54, 1.807) is 38.3 Å². The van der Waals surface area contributed by atoms with E-state index in [0.717, 1.165) is 40.8 Å². The molecule has 1 aliphatic heterocycles. The quantitative estimate of drug-likeness (QED) is 0.124. The lowest BCUT2D eigenvalue weighted by atomic mass is 9.84. The van der Waals surface area contributed by atoms with Gasteiger partial charge in [0, 0.05) is 47.3 Å². The number of rotatable bonds is 9. The van der Waals surface area contributed by atoms with Gasteiger partial charge in [0.15, 0.2) is 11.5 Å². The number of ketones is 1. The number of Topliss-reactive ketones (excluding diaryl/α,β-unsaturated/α-hetero) is 1. The minimum atomic E-state index is -0.998. The van der Waals surface area contributed by atoms with Gasteiger partial charge in [-0.2, -0.15) is 0 Å². The predicted molar refractivity (Wildman–Crippen MR) is 208 cm³/mol. The summed E-state index contributed by atoms with van der Waals surface area (Å²) in [6.45, 7) is 1.74. The van der Waals surface area contributed by atoms with E-state index in [0.29, 0.717) is 67.8 Å². The van der Waals surface area contributed by atoms with Crippen molar-refractivity contribution >= 4 is 34.6 Å². The highest BCUT2D eigenvalue weighted by Gasteiger charge is 2.34. The molecule has 12 heteroatoms. The van der Waals surface area contributed by atoms with Crippen molar-refractivity contribution < 1.29 is 48.3 Å². The fourth-order valence-corrected chi connectivity index (χ4v) is 7.86. The second-order valence-corrected chi connectivity index (χ2v) is 14.2. The van der Waals surface area contributed by atoms with Crippen LogP contribution in [0.5, 0.6) is 34.5 Å². The summed E-state index contributed by atoms with van der Waals surface area (Å²) in [4.78, 5) is 43.9. The maximum absolute atomic E-state index is 14.3. The van der Waals surface area contributed by atoms with Gasteiger partial charge in [-0.1, -0.05) is 12.2 Å². The number of phenols is 2. The topological polar surface area (TPSA) is 166 Å². The molecule has 12 nitrogen and oxygen atoms in total. The van der Waals surface area contributed by atoms with Crippen LogP contribution < -0.4 is 24.3 Å². The molecule has 0 saturated carbocycles. The number of fused-ring (bicyclic) bond motifs is 4. The first-order valence-electron chi connectivity index (χ1n) is 18.8. The van der Waals surface area contributed by atoms with E-state index in [1.807, 2.05) is 18.2 Å². The number of hydrogen-bond donors (Lipinski definition) is 4. The average Bonchev–Trinajstić information content (AvgIpc) is 3.55. The van der Waals surface area contributed by atoms with Crippen molar-refractivity contribution in [2.75, 3.05) is 28.4 Å². The van der Waals surface area contributed by atoms with Gasteiger partial charge in [0.1, 0.15) is 28.6 Å². The van der Waals surface area contributed by atoms with E-state index in [4.69, 9.17) is 23.7 Å². The number of aromatic nitrogens is 1. The molecule has 6 rings (SSSR count). The number of phenolic OH excluding ortho intramolecular Hbond substituents is 2. The van der Waals surface area contributed by atoms with Gasteiger partial charge in [-0.3, -0.25) is 9.59 Å². The van der Waals surface area contributed by atoms with E-state index >= 15 is 0 Å². The normalized spacial score (nSPS) is 18.3. The van der Waals surface area contributed by atoms with E-state index in [-0.39, 0.29) is 46.6 Å². The number of amides is 1. The van der Waals surface area contributed by atoms with Crippen LogP contribution >= 0.6 is 0 Å². The Labute approximate surface area is 320 Å². The first kappa shape index (κ1) is 39.1. The summed E-state index contributed by atoms with van der Waals surface area (Å²) >= 11 is 0. The fourth-order valence-electron chi connectivity index (χ4n) is 7.86. The zero-order chi connectivity index (χ0) is 39.2. The number of allylic oxidation sites excluding steroid dienone is 1. The number of esters is 1.